The Morgan fingerprint density at radius 3 is 2.67 bits per heavy atom. The zero-order valence-corrected chi connectivity index (χ0v) is 19.7. The second-order valence-corrected chi connectivity index (χ2v) is 9.04. The highest BCUT2D eigenvalue weighted by Crippen LogP contribution is 2.34. The molecule has 1 fully saturated rings. The van der Waals surface area contributed by atoms with Crippen LogP contribution in [0, 0.1) is 5.92 Å². The van der Waals surface area contributed by atoms with Crippen LogP contribution in [0.5, 0.6) is 0 Å². The Morgan fingerprint density at radius 2 is 1.88 bits per heavy atom. The molecule has 2 aliphatic rings. The average molecular weight is 472 g/mol. The van der Waals surface area contributed by atoms with Crippen molar-refractivity contribution in [2.75, 3.05) is 26.2 Å². The van der Waals surface area contributed by atoms with Gasteiger partial charge >= 0.3 is 5.97 Å². The normalized spacial score (nSPS) is 20.3. The Labute approximate surface area is 199 Å². The van der Waals surface area contributed by atoms with Crippen LogP contribution in [0.4, 0.5) is 0 Å². The average Bonchev–Trinajstić information content (AvgIpc) is 3.31. The minimum atomic E-state index is -0.277. The lowest BCUT2D eigenvalue weighted by molar-refractivity contribution is -0.151. The minimum absolute atomic E-state index is 0.0558. The lowest BCUT2D eigenvalue weighted by Crippen LogP contribution is -2.44. The maximum Gasteiger partial charge on any atom is 0.310 e. The molecule has 3 heterocycles. The third-order valence-electron chi connectivity index (χ3n) is 6.47. The monoisotopic (exact) mass is 471 g/mol. The molecule has 2 aliphatic heterocycles. The Kier molecular flexibility index (Phi) is 7.38. The molecule has 0 radical (unpaired) electrons. The largest absolute Gasteiger partial charge is 0.466 e. The van der Waals surface area contributed by atoms with Gasteiger partial charge in [-0.15, -0.1) is 0 Å². The molecule has 7 nitrogen and oxygen atoms in total. The number of fused-ring (bicyclic) bond motifs is 1. The number of halogens is 1. The lowest BCUT2D eigenvalue weighted by atomic mass is 9.97. The SMILES string of the molecule is CCOC(=O)C1CCCN(C(=O)CCC(=O)N2CCn3cccc3C2c2cccc(Cl)c2)C1. The van der Waals surface area contributed by atoms with Crippen LogP contribution in [0.25, 0.3) is 0 Å². The maximum absolute atomic E-state index is 13.3. The van der Waals surface area contributed by atoms with Gasteiger partial charge in [-0.25, -0.2) is 0 Å². The Morgan fingerprint density at radius 1 is 1.06 bits per heavy atom. The second-order valence-electron chi connectivity index (χ2n) is 8.60. The van der Waals surface area contributed by atoms with Crippen LogP contribution in [0.3, 0.4) is 0 Å². The molecule has 0 bridgehead atoms. The second kappa shape index (κ2) is 10.4. The van der Waals surface area contributed by atoms with Gasteiger partial charge in [0.2, 0.25) is 11.8 Å². The number of amides is 2. The molecule has 2 unspecified atom stereocenters. The molecule has 0 N–H and O–H groups in total. The number of nitrogens with zero attached hydrogens (tertiary/aromatic N) is 3. The number of carbonyl (C=O) groups excluding carboxylic acids is 3. The summed E-state index contributed by atoms with van der Waals surface area (Å²) in [7, 11) is 0. The summed E-state index contributed by atoms with van der Waals surface area (Å²) < 4.78 is 7.28. The molecule has 2 amide bonds. The van der Waals surface area contributed by atoms with Gasteiger partial charge in [0.15, 0.2) is 0 Å². The smallest absolute Gasteiger partial charge is 0.310 e. The van der Waals surface area contributed by atoms with Gasteiger partial charge < -0.3 is 19.1 Å². The van der Waals surface area contributed by atoms with Crippen molar-refractivity contribution in [1.29, 1.82) is 0 Å². The summed E-state index contributed by atoms with van der Waals surface area (Å²) in [5.41, 5.74) is 1.99. The summed E-state index contributed by atoms with van der Waals surface area (Å²) in [5, 5.41) is 0.625. The van der Waals surface area contributed by atoms with Crippen molar-refractivity contribution in [2.45, 2.75) is 45.2 Å². The first-order chi connectivity index (χ1) is 16.0. The first-order valence-corrected chi connectivity index (χ1v) is 12.0. The topological polar surface area (TPSA) is 71.8 Å². The van der Waals surface area contributed by atoms with E-state index in [1.807, 2.05) is 47.5 Å². The summed E-state index contributed by atoms with van der Waals surface area (Å²) in [6.07, 6.45) is 3.79. The number of carbonyl (C=O) groups is 3. The minimum Gasteiger partial charge on any atom is -0.466 e. The van der Waals surface area contributed by atoms with Crippen LogP contribution >= 0.6 is 11.6 Å². The van der Waals surface area contributed by atoms with E-state index in [1.165, 1.54) is 0 Å². The Bertz CT molecular complexity index is 1020. The number of aromatic nitrogens is 1. The molecule has 33 heavy (non-hydrogen) atoms. The molecule has 0 aliphatic carbocycles. The van der Waals surface area contributed by atoms with Crippen molar-refractivity contribution in [3.63, 3.8) is 0 Å². The summed E-state index contributed by atoms with van der Waals surface area (Å²) in [6, 6.07) is 11.4. The van der Waals surface area contributed by atoms with E-state index < -0.39 is 0 Å². The van der Waals surface area contributed by atoms with Gasteiger partial charge in [-0.2, -0.15) is 0 Å². The predicted molar refractivity (Wildman–Crippen MR) is 125 cm³/mol. The number of benzene rings is 1. The first-order valence-electron chi connectivity index (χ1n) is 11.6. The number of rotatable bonds is 6. The van der Waals surface area contributed by atoms with Gasteiger partial charge in [0, 0.05) is 55.9 Å². The molecule has 4 rings (SSSR count). The molecule has 2 atom stereocenters. The van der Waals surface area contributed by atoms with E-state index in [4.69, 9.17) is 16.3 Å². The lowest BCUT2D eigenvalue weighted by Gasteiger charge is -2.38. The van der Waals surface area contributed by atoms with Gasteiger partial charge in [0.05, 0.1) is 18.6 Å². The molecule has 0 saturated carbocycles. The van der Waals surface area contributed by atoms with Crippen LogP contribution < -0.4 is 0 Å². The van der Waals surface area contributed by atoms with E-state index in [9.17, 15) is 14.4 Å². The molecule has 2 aromatic rings. The first kappa shape index (κ1) is 23.4. The molecule has 1 aromatic heterocycles. The highest BCUT2D eigenvalue weighted by Gasteiger charge is 2.33. The Hall–Kier alpha value is -2.80. The van der Waals surface area contributed by atoms with Crippen LogP contribution in [-0.4, -0.2) is 58.4 Å². The van der Waals surface area contributed by atoms with Crippen LogP contribution in [-0.2, 0) is 25.7 Å². The number of hydrogen-bond acceptors (Lipinski definition) is 4. The zero-order valence-electron chi connectivity index (χ0n) is 18.9. The van der Waals surface area contributed by atoms with Crippen LogP contribution in [0.15, 0.2) is 42.6 Å². The summed E-state index contributed by atoms with van der Waals surface area (Å²) >= 11 is 6.24. The fourth-order valence-corrected chi connectivity index (χ4v) is 5.05. The molecular formula is C25H30ClN3O4. The highest BCUT2D eigenvalue weighted by molar-refractivity contribution is 6.30. The molecule has 0 spiro atoms. The third-order valence-corrected chi connectivity index (χ3v) is 6.70. The number of likely N-dealkylation sites (tertiary alicyclic amines) is 1. The van der Waals surface area contributed by atoms with E-state index in [2.05, 4.69) is 4.57 Å². The van der Waals surface area contributed by atoms with Crippen molar-refractivity contribution in [3.05, 3.63) is 58.9 Å². The molecule has 176 valence electrons. The van der Waals surface area contributed by atoms with E-state index in [0.717, 1.165) is 24.1 Å². The van der Waals surface area contributed by atoms with Crippen LogP contribution in [0.1, 0.15) is 49.9 Å². The van der Waals surface area contributed by atoms with Gasteiger partial charge in [-0.3, -0.25) is 14.4 Å². The number of esters is 1. The fourth-order valence-electron chi connectivity index (χ4n) is 4.85. The van der Waals surface area contributed by atoms with Gasteiger partial charge in [0.1, 0.15) is 0 Å². The van der Waals surface area contributed by atoms with Crippen LogP contribution in [0.2, 0.25) is 5.02 Å². The standard InChI is InChI=1S/C25H30ClN3O4/c1-2-33-25(32)19-7-4-13-28(17-19)22(30)10-11-23(31)29-15-14-27-12-5-9-21(27)24(29)18-6-3-8-20(26)16-18/h3,5-6,8-9,12,16,19,24H,2,4,7,10-11,13-15,17H2,1H3. The maximum atomic E-state index is 13.3. The van der Waals surface area contributed by atoms with E-state index >= 15 is 0 Å². The molecular weight excluding hydrogens is 442 g/mol. The fraction of sp³-hybridized carbons (Fsp3) is 0.480. The molecule has 8 heteroatoms. The Balaban J connectivity index is 1.42. The van der Waals surface area contributed by atoms with Crippen molar-refractivity contribution < 1.29 is 19.1 Å². The van der Waals surface area contributed by atoms with Crippen molar-refractivity contribution in [3.8, 4) is 0 Å². The summed E-state index contributed by atoms with van der Waals surface area (Å²) in [5.74, 6) is -0.663. The van der Waals surface area contributed by atoms with E-state index in [-0.39, 0.29) is 42.6 Å². The zero-order chi connectivity index (χ0) is 23.4. The van der Waals surface area contributed by atoms with Crippen molar-refractivity contribution >= 4 is 29.4 Å². The number of piperidine rings is 1. The third kappa shape index (κ3) is 5.24. The summed E-state index contributed by atoms with van der Waals surface area (Å²) in [6.45, 7) is 4.39. The highest BCUT2D eigenvalue weighted by atomic mass is 35.5. The molecule has 1 saturated heterocycles. The summed E-state index contributed by atoms with van der Waals surface area (Å²) in [4.78, 5) is 41.8. The molecule has 1 aromatic carbocycles. The van der Waals surface area contributed by atoms with Crippen molar-refractivity contribution in [1.82, 2.24) is 14.4 Å². The van der Waals surface area contributed by atoms with Crippen molar-refractivity contribution in [2.24, 2.45) is 5.92 Å². The quantitative estimate of drug-likeness (QED) is 0.603. The van der Waals surface area contributed by atoms with E-state index in [0.29, 0.717) is 37.8 Å². The van der Waals surface area contributed by atoms with E-state index in [1.54, 1.807) is 11.8 Å². The van der Waals surface area contributed by atoms with Gasteiger partial charge in [-0.05, 0) is 49.6 Å². The van der Waals surface area contributed by atoms with Gasteiger partial charge in [0.25, 0.3) is 0 Å². The number of hydrogen-bond donors (Lipinski definition) is 0. The van der Waals surface area contributed by atoms with Gasteiger partial charge in [-0.1, -0.05) is 23.7 Å². The number of ether oxygens (including phenoxy) is 1. The predicted octanol–water partition coefficient (Wildman–Crippen LogP) is 3.66.